The van der Waals surface area contributed by atoms with Gasteiger partial charge >= 0.3 is 6.09 Å². The van der Waals surface area contributed by atoms with Gasteiger partial charge in [0.2, 0.25) is 11.8 Å². The van der Waals surface area contributed by atoms with Crippen molar-refractivity contribution >= 4 is 56.9 Å². The van der Waals surface area contributed by atoms with E-state index in [0.29, 0.717) is 34.0 Å². The van der Waals surface area contributed by atoms with Gasteiger partial charge in [0.25, 0.3) is 5.91 Å². The minimum absolute atomic E-state index is 0.116. The van der Waals surface area contributed by atoms with E-state index >= 15 is 0 Å². The van der Waals surface area contributed by atoms with Gasteiger partial charge in [-0.15, -0.1) is 0 Å². The Morgan fingerprint density at radius 1 is 1.26 bits per heavy atom. The molecule has 1 unspecified atom stereocenters. The van der Waals surface area contributed by atoms with Gasteiger partial charge in [0, 0.05) is 30.5 Å². The summed E-state index contributed by atoms with van der Waals surface area (Å²) in [5, 5.41) is 10.6. The zero-order valence-electron chi connectivity index (χ0n) is 22.1. The Labute approximate surface area is 235 Å². The van der Waals surface area contributed by atoms with Gasteiger partial charge in [0.1, 0.15) is 11.2 Å². The highest BCUT2D eigenvalue weighted by molar-refractivity contribution is 9.10. The van der Waals surface area contributed by atoms with Gasteiger partial charge in [-0.1, -0.05) is 17.7 Å². The standard InChI is InChI=1S/C25H31BrClN7O4/c1-7-37-22-17(21(35)31-20-18(26)9-8-10-19(20)27)12-28-23(32-22)30-16-11-29-34(14-16)15(2)13-33(6)24(36)38-25(3,4)5/h8-12,14-15H,7,13H2,1-6H3,(H,31,35)(H,28,30,32). The second kappa shape index (κ2) is 12.4. The highest BCUT2D eigenvalue weighted by Gasteiger charge is 2.22. The first-order valence-electron chi connectivity index (χ1n) is 11.9. The van der Waals surface area contributed by atoms with E-state index in [0.717, 1.165) is 0 Å². The van der Waals surface area contributed by atoms with Crippen LogP contribution in [-0.4, -0.2) is 62.4 Å². The smallest absolute Gasteiger partial charge is 0.410 e. The third-order valence-corrected chi connectivity index (χ3v) is 6.01. The van der Waals surface area contributed by atoms with Gasteiger partial charge in [-0.25, -0.2) is 9.78 Å². The van der Waals surface area contributed by atoms with E-state index in [4.69, 9.17) is 21.1 Å². The van der Waals surface area contributed by atoms with Gasteiger partial charge in [0.05, 0.1) is 35.2 Å². The molecule has 38 heavy (non-hydrogen) atoms. The molecule has 11 nitrogen and oxygen atoms in total. The van der Waals surface area contributed by atoms with Crippen LogP contribution in [0.2, 0.25) is 5.02 Å². The molecule has 204 valence electrons. The zero-order valence-corrected chi connectivity index (χ0v) is 24.4. The Morgan fingerprint density at radius 3 is 2.66 bits per heavy atom. The summed E-state index contributed by atoms with van der Waals surface area (Å²) < 4.78 is 13.4. The molecule has 0 aliphatic heterocycles. The Balaban J connectivity index is 1.70. The number of hydrogen-bond donors (Lipinski definition) is 2. The van der Waals surface area contributed by atoms with Crippen molar-refractivity contribution in [2.45, 2.75) is 46.3 Å². The topological polar surface area (TPSA) is 124 Å². The lowest BCUT2D eigenvalue weighted by Crippen LogP contribution is -2.37. The van der Waals surface area contributed by atoms with Crippen LogP contribution >= 0.6 is 27.5 Å². The van der Waals surface area contributed by atoms with E-state index in [1.807, 2.05) is 27.7 Å². The maximum absolute atomic E-state index is 13.0. The van der Waals surface area contributed by atoms with Crippen molar-refractivity contribution in [1.82, 2.24) is 24.6 Å². The van der Waals surface area contributed by atoms with E-state index in [2.05, 4.69) is 41.6 Å². The lowest BCUT2D eigenvalue weighted by Gasteiger charge is -2.26. The summed E-state index contributed by atoms with van der Waals surface area (Å²) in [5.74, 6) is -0.128. The molecule has 0 aliphatic rings. The first-order valence-corrected chi connectivity index (χ1v) is 13.1. The predicted octanol–water partition coefficient (Wildman–Crippen LogP) is 5.91. The van der Waals surface area contributed by atoms with Crippen LogP contribution < -0.4 is 15.4 Å². The maximum Gasteiger partial charge on any atom is 0.410 e. The Bertz CT molecular complexity index is 1270. The first-order chi connectivity index (χ1) is 17.9. The quantitative estimate of drug-likeness (QED) is 0.307. The number of ether oxygens (including phenoxy) is 2. The van der Waals surface area contributed by atoms with Crippen molar-refractivity contribution in [1.29, 1.82) is 0 Å². The first kappa shape index (κ1) is 29.2. The molecule has 3 rings (SSSR count). The van der Waals surface area contributed by atoms with Crippen molar-refractivity contribution < 1.29 is 19.1 Å². The van der Waals surface area contributed by atoms with Crippen LogP contribution in [-0.2, 0) is 4.74 Å². The maximum atomic E-state index is 13.0. The van der Waals surface area contributed by atoms with Crippen LogP contribution in [0.25, 0.3) is 0 Å². The molecular weight excluding hydrogens is 578 g/mol. The van der Waals surface area contributed by atoms with Gasteiger partial charge in [-0.05, 0) is 62.7 Å². The number of amides is 2. The fourth-order valence-electron chi connectivity index (χ4n) is 3.29. The Hall–Kier alpha value is -3.38. The van der Waals surface area contributed by atoms with Gasteiger partial charge in [-0.3, -0.25) is 9.48 Å². The van der Waals surface area contributed by atoms with Crippen molar-refractivity contribution in [3.05, 3.63) is 51.8 Å². The number of nitrogens with zero attached hydrogens (tertiary/aromatic N) is 5. The Kier molecular flexibility index (Phi) is 9.55. The molecule has 13 heteroatoms. The van der Waals surface area contributed by atoms with Crippen LogP contribution in [0.3, 0.4) is 0 Å². The number of nitrogens with one attached hydrogen (secondary N) is 2. The van der Waals surface area contributed by atoms with Gasteiger partial charge < -0.3 is 25.0 Å². The molecule has 2 heterocycles. The monoisotopic (exact) mass is 607 g/mol. The van der Waals surface area contributed by atoms with E-state index in [1.165, 1.54) is 11.1 Å². The highest BCUT2D eigenvalue weighted by atomic mass is 79.9. The molecule has 0 saturated carbocycles. The van der Waals surface area contributed by atoms with Gasteiger partial charge in [-0.2, -0.15) is 10.1 Å². The highest BCUT2D eigenvalue weighted by Crippen LogP contribution is 2.31. The van der Waals surface area contributed by atoms with Crippen molar-refractivity contribution in [2.24, 2.45) is 0 Å². The van der Waals surface area contributed by atoms with Crippen LogP contribution in [0.1, 0.15) is 51.0 Å². The van der Waals surface area contributed by atoms with E-state index in [1.54, 1.807) is 49.2 Å². The number of halogens is 2. The van der Waals surface area contributed by atoms with E-state index in [-0.39, 0.29) is 23.4 Å². The van der Waals surface area contributed by atoms with Crippen LogP contribution in [0.4, 0.5) is 22.1 Å². The molecule has 2 amide bonds. The molecule has 1 atom stereocenters. The number of hydrogen-bond acceptors (Lipinski definition) is 8. The van der Waals surface area contributed by atoms with Crippen LogP contribution in [0.15, 0.2) is 41.3 Å². The molecule has 1 aromatic carbocycles. The second-order valence-electron chi connectivity index (χ2n) is 9.44. The number of carbonyl (C=O) groups is 2. The van der Waals surface area contributed by atoms with Crippen LogP contribution in [0.5, 0.6) is 5.88 Å². The summed E-state index contributed by atoms with van der Waals surface area (Å²) in [6.07, 6.45) is 4.36. The van der Waals surface area contributed by atoms with Crippen molar-refractivity contribution in [2.75, 3.05) is 30.8 Å². The second-order valence-corrected chi connectivity index (χ2v) is 10.7. The summed E-state index contributed by atoms with van der Waals surface area (Å²) in [4.78, 5) is 35.4. The lowest BCUT2D eigenvalue weighted by atomic mass is 10.2. The normalized spacial score (nSPS) is 12.0. The number of carbonyl (C=O) groups excluding carboxylic acids is 2. The number of likely N-dealkylation sites (N-methyl/N-ethyl adjacent to an activating group) is 1. The average molecular weight is 609 g/mol. The number of aromatic nitrogens is 4. The molecular formula is C25H31BrClN7O4. The SMILES string of the molecule is CCOc1nc(Nc2cnn(C(C)CN(C)C(=O)OC(C)(C)C)c2)ncc1C(=O)Nc1c(Cl)cccc1Br. The third kappa shape index (κ3) is 7.81. The fourth-order valence-corrected chi connectivity index (χ4v) is 4.10. The zero-order chi connectivity index (χ0) is 28.0. The fraction of sp³-hybridized carbons (Fsp3) is 0.400. The minimum atomic E-state index is -0.570. The summed E-state index contributed by atoms with van der Waals surface area (Å²) >= 11 is 9.60. The summed E-state index contributed by atoms with van der Waals surface area (Å²) in [7, 11) is 1.68. The number of benzene rings is 1. The summed E-state index contributed by atoms with van der Waals surface area (Å²) in [6.45, 7) is 9.89. The largest absolute Gasteiger partial charge is 0.477 e. The van der Waals surface area contributed by atoms with Crippen molar-refractivity contribution in [3.63, 3.8) is 0 Å². The summed E-state index contributed by atoms with van der Waals surface area (Å²) in [5.41, 5.74) is 0.636. The molecule has 3 aromatic rings. The molecule has 0 spiro atoms. The average Bonchev–Trinajstić information content (AvgIpc) is 3.29. The number of rotatable bonds is 9. The Morgan fingerprint density at radius 2 is 2.00 bits per heavy atom. The molecule has 2 aromatic heterocycles. The molecule has 2 N–H and O–H groups in total. The molecule has 0 fully saturated rings. The lowest BCUT2D eigenvalue weighted by molar-refractivity contribution is 0.0277. The summed E-state index contributed by atoms with van der Waals surface area (Å²) in [6, 6.07) is 5.08. The number of para-hydroxylation sites is 1. The van der Waals surface area contributed by atoms with E-state index in [9.17, 15) is 9.59 Å². The molecule has 0 aliphatic carbocycles. The molecule has 0 saturated heterocycles. The van der Waals surface area contributed by atoms with Crippen LogP contribution in [0, 0.1) is 0 Å². The predicted molar refractivity (Wildman–Crippen MR) is 149 cm³/mol. The van der Waals surface area contributed by atoms with Crippen molar-refractivity contribution in [3.8, 4) is 5.88 Å². The van der Waals surface area contributed by atoms with E-state index < -0.39 is 17.6 Å². The molecule has 0 radical (unpaired) electrons. The third-order valence-electron chi connectivity index (χ3n) is 5.03. The minimum Gasteiger partial charge on any atom is -0.477 e. The molecule has 0 bridgehead atoms. The number of anilines is 3. The van der Waals surface area contributed by atoms with Gasteiger partial charge in [0.15, 0.2) is 0 Å².